The van der Waals surface area contributed by atoms with E-state index in [-0.39, 0.29) is 5.69 Å². The van der Waals surface area contributed by atoms with Gasteiger partial charge in [-0.25, -0.2) is 19.0 Å². The lowest BCUT2D eigenvalue weighted by molar-refractivity contribution is 0.0690. The number of hydrogen-bond acceptors (Lipinski definition) is 6. The fourth-order valence-corrected chi connectivity index (χ4v) is 8.71. The molecule has 2 aromatic carbocycles. The van der Waals surface area contributed by atoms with Crippen LogP contribution in [0.1, 0.15) is 51.1 Å². The van der Waals surface area contributed by atoms with Crippen LogP contribution >= 0.6 is 11.3 Å². The molecule has 3 heterocycles. The fraction of sp³-hybridized carbons (Fsp3) is 0.250. The minimum absolute atomic E-state index is 0.0198. The normalized spacial score (nSPS) is 12.4. The van der Waals surface area contributed by atoms with E-state index in [0.29, 0.717) is 33.8 Å². The molecule has 5 aromatic rings. The maximum Gasteiger partial charge on any atom is 0.354 e. The smallest absolute Gasteiger partial charge is 0.354 e. The van der Waals surface area contributed by atoms with Gasteiger partial charge in [-0.15, -0.1) is 11.3 Å². The lowest BCUT2D eigenvalue weighted by Gasteiger charge is -2.19. The monoisotopic (exact) mass is 646 g/mol. The first-order chi connectivity index (χ1) is 20.9. The number of nitrogens with zero attached hydrogens (tertiary/aromatic N) is 4. The molecule has 1 atom stereocenters. The number of carboxylic acids is 1. The van der Waals surface area contributed by atoms with Gasteiger partial charge in [-0.1, -0.05) is 69.0 Å². The number of thiophene rings is 1. The van der Waals surface area contributed by atoms with Crippen LogP contribution in [0, 0.1) is 6.92 Å². The van der Waals surface area contributed by atoms with Crippen LogP contribution in [0.25, 0.3) is 22.3 Å². The van der Waals surface area contributed by atoms with Crippen molar-refractivity contribution < 1.29 is 23.5 Å². The number of carboxylic acid groups (broad SMARTS) is 1. The molecular weight excluding hydrogens is 613 g/mol. The van der Waals surface area contributed by atoms with Crippen LogP contribution in [0.3, 0.4) is 0 Å². The number of amides is 1. The summed E-state index contributed by atoms with van der Waals surface area (Å²) in [7, 11) is -1.84. The van der Waals surface area contributed by atoms with E-state index in [0.717, 1.165) is 44.2 Å². The van der Waals surface area contributed by atoms with Crippen LogP contribution in [-0.2, 0) is 24.2 Å². The zero-order valence-corrected chi connectivity index (χ0v) is 27.8. The molecule has 0 spiro atoms. The number of anilines is 1. The zero-order chi connectivity index (χ0) is 31.8. The Hall–Kier alpha value is -3.97. The van der Waals surface area contributed by atoms with Crippen LogP contribution in [-0.4, -0.2) is 48.4 Å². The summed E-state index contributed by atoms with van der Waals surface area (Å²) in [5.74, 6) is -0.797. The van der Waals surface area contributed by atoms with E-state index in [4.69, 9.17) is 4.98 Å². The van der Waals surface area contributed by atoms with Crippen molar-refractivity contribution in [2.24, 2.45) is 0 Å². The molecule has 0 bridgehead atoms. The average molecular weight is 647 g/mol. The predicted molar refractivity (Wildman–Crippen MR) is 179 cm³/mol. The number of carbonyl (C=O) groups is 2. The molecule has 0 radical (unpaired) electrons. The zero-order valence-electron chi connectivity index (χ0n) is 25.2. The van der Waals surface area contributed by atoms with Crippen LogP contribution < -0.4 is 8.81 Å². The third-order valence-electron chi connectivity index (χ3n) is 7.27. The molecule has 0 fully saturated rings. The molecule has 0 aliphatic carbocycles. The molecule has 9 nitrogen and oxygen atoms in total. The van der Waals surface area contributed by atoms with Gasteiger partial charge in [0.2, 0.25) is 0 Å². The topological polar surface area (TPSA) is 126 Å². The molecule has 5 rings (SSSR count). The number of hydrogen-bond donors (Lipinski definition) is 2. The van der Waals surface area contributed by atoms with Crippen molar-refractivity contribution >= 4 is 63.2 Å². The Morgan fingerprint density at radius 2 is 1.70 bits per heavy atom. The minimum Gasteiger partial charge on any atom is -0.477 e. The third kappa shape index (κ3) is 6.29. The number of benzene rings is 2. The largest absolute Gasteiger partial charge is 0.477 e. The summed E-state index contributed by atoms with van der Waals surface area (Å²) in [5.41, 5.74) is 4.78. The lowest BCUT2D eigenvalue weighted by atomic mass is 10.1. The Bertz CT molecular complexity index is 1880. The van der Waals surface area contributed by atoms with Gasteiger partial charge in [0.15, 0.2) is 11.3 Å². The third-order valence-corrected chi connectivity index (χ3v) is 12.7. The first kappa shape index (κ1) is 31.5. The second kappa shape index (κ2) is 12.6. The summed E-state index contributed by atoms with van der Waals surface area (Å²) in [6.45, 7) is 10.9. The molecule has 3 aromatic heterocycles. The summed E-state index contributed by atoms with van der Waals surface area (Å²) < 4.78 is 27.0. The summed E-state index contributed by atoms with van der Waals surface area (Å²) in [6, 6.07) is 19.9. The maximum absolute atomic E-state index is 13.5. The van der Waals surface area contributed by atoms with Crippen molar-refractivity contribution in [3.05, 3.63) is 94.9 Å². The summed E-state index contributed by atoms with van der Waals surface area (Å²) >= 11 is -1.20. The van der Waals surface area contributed by atoms with Gasteiger partial charge in [-0.3, -0.25) is 9.35 Å². The Morgan fingerprint density at radius 1 is 1.02 bits per heavy atom. The molecular formula is C32H34N4O5S2Si. The minimum atomic E-state index is -2.58. The molecule has 0 saturated carbocycles. The van der Waals surface area contributed by atoms with E-state index < -0.39 is 31.2 Å². The standard InChI is InChI=1S/C32H34N4O5S2Si/c1-6-10-26-34-28-20(2)17-25(32(38)39)33-29(28)35(26)19-21-13-15-22(16-14-21)24-18-27(44(3,4)5)42-31(24)36(43(40)41)30(37)23-11-8-7-9-12-23/h7-9,11-18H,6,10,19H2,1-5H3,(H,38,39)(H,40,41). The van der Waals surface area contributed by atoms with Gasteiger partial charge in [-0.05, 0) is 58.8 Å². The van der Waals surface area contributed by atoms with Gasteiger partial charge >= 0.3 is 5.97 Å². The molecule has 1 amide bonds. The van der Waals surface area contributed by atoms with E-state index in [1.54, 1.807) is 36.4 Å². The second-order valence-electron chi connectivity index (χ2n) is 11.6. The number of aromatic nitrogens is 3. The molecule has 1 unspecified atom stereocenters. The number of fused-ring (bicyclic) bond motifs is 1. The van der Waals surface area contributed by atoms with Gasteiger partial charge in [-0.2, -0.15) is 4.31 Å². The summed E-state index contributed by atoms with van der Waals surface area (Å²) in [6.07, 6.45) is 1.59. The van der Waals surface area contributed by atoms with Gasteiger partial charge in [0.25, 0.3) is 17.2 Å². The first-order valence-corrected chi connectivity index (χ1v) is 19.6. The molecule has 0 aliphatic heterocycles. The number of imidazole rings is 1. The summed E-state index contributed by atoms with van der Waals surface area (Å²) in [5, 5.41) is 10.0. The highest BCUT2D eigenvalue weighted by Crippen LogP contribution is 2.38. The fourth-order valence-electron chi connectivity index (χ4n) is 4.99. The maximum atomic E-state index is 13.5. The number of pyridine rings is 1. The molecule has 228 valence electrons. The molecule has 0 saturated heterocycles. The average Bonchev–Trinajstić information content (AvgIpc) is 3.57. The number of rotatable bonds is 10. The SMILES string of the molecule is CCCc1nc2c(C)cc(C(=O)O)nc2n1Cc1ccc(-c2cc([Si](C)(C)C)sc2N(C(=O)c2ccccc2)S(=O)O)cc1. The van der Waals surface area contributed by atoms with Crippen molar-refractivity contribution in [3.63, 3.8) is 0 Å². The number of aromatic carboxylic acids is 1. The van der Waals surface area contributed by atoms with Crippen LogP contribution in [0.5, 0.6) is 0 Å². The number of carbonyl (C=O) groups excluding carboxylic acids is 1. The molecule has 0 aliphatic rings. The quantitative estimate of drug-likeness (QED) is 0.131. The van der Waals surface area contributed by atoms with E-state index in [2.05, 4.69) is 31.5 Å². The van der Waals surface area contributed by atoms with E-state index >= 15 is 0 Å². The van der Waals surface area contributed by atoms with Crippen LogP contribution in [0.4, 0.5) is 5.00 Å². The van der Waals surface area contributed by atoms with Crippen molar-refractivity contribution in [3.8, 4) is 11.1 Å². The summed E-state index contributed by atoms with van der Waals surface area (Å²) in [4.78, 5) is 34.4. The lowest BCUT2D eigenvalue weighted by Crippen LogP contribution is -2.35. The van der Waals surface area contributed by atoms with Gasteiger partial charge in [0.05, 0.1) is 14.6 Å². The Morgan fingerprint density at radius 3 is 2.30 bits per heavy atom. The highest BCUT2D eigenvalue weighted by molar-refractivity contribution is 7.82. The molecule has 44 heavy (non-hydrogen) atoms. The van der Waals surface area contributed by atoms with Crippen molar-refractivity contribution in [2.75, 3.05) is 4.31 Å². The van der Waals surface area contributed by atoms with E-state index in [1.165, 1.54) is 11.3 Å². The Kier molecular flexibility index (Phi) is 8.98. The molecule has 2 N–H and O–H groups in total. The second-order valence-corrected chi connectivity index (χ2v) is 18.9. The Labute approximate surface area is 263 Å². The van der Waals surface area contributed by atoms with Crippen molar-refractivity contribution in [1.29, 1.82) is 0 Å². The van der Waals surface area contributed by atoms with Gasteiger partial charge in [0.1, 0.15) is 16.3 Å². The van der Waals surface area contributed by atoms with Gasteiger partial charge in [0, 0.05) is 17.5 Å². The molecule has 12 heteroatoms. The van der Waals surface area contributed by atoms with Gasteiger partial charge < -0.3 is 9.67 Å². The van der Waals surface area contributed by atoms with E-state index in [9.17, 15) is 23.5 Å². The highest BCUT2D eigenvalue weighted by atomic mass is 32.2. The predicted octanol–water partition coefficient (Wildman–Crippen LogP) is 6.50. The van der Waals surface area contributed by atoms with Crippen molar-refractivity contribution in [2.45, 2.75) is 52.9 Å². The Balaban J connectivity index is 1.56. The highest BCUT2D eigenvalue weighted by Gasteiger charge is 2.31. The number of aryl methyl sites for hydroxylation is 2. The first-order valence-electron chi connectivity index (χ1n) is 14.2. The van der Waals surface area contributed by atoms with Crippen LogP contribution in [0.15, 0.2) is 66.7 Å². The van der Waals surface area contributed by atoms with Crippen LogP contribution in [0.2, 0.25) is 19.6 Å². The van der Waals surface area contributed by atoms with Crippen molar-refractivity contribution in [1.82, 2.24) is 14.5 Å². The van der Waals surface area contributed by atoms with E-state index in [1.807, 2.05) is 41.8 Å².